The minimum absolute atomic E-state index is 0. The predicted octanol–water partition coefficient (Wildman–Crippen LogP) is 1.29. The van der Waals surface area contributed by atoms with Crippen molar-refractivity contribution >= 4 is 17.9 Å². The second kappa shape index (κ2) is 10.7. The number of aliphatic carboxylic acids is 1. The van der Waals surface area contributed by atoms with Gasteiger partial charge in [0.2, 0.25) is 0 Å². The van der Waals surface area contributed by atoms with Crippen molar-refractivity contribution in [2.24, 2.45) is 7.05 Å². The van der Waals surface area contributed by atoms with Gasteiger partial charge in [0.15, 0.2) is 0 Å². The van der Waals surface area contributed by atoms with Gasteiger partial charge >= 0.3 is 35.7 Å². The van der Waals surface area contributed by atoms with Gasteiger partial charge in [0, 0.05) is 18.0 Å². The molecule has 1 saturated carbocycles. The number of rotatable bonds is 7. The van der Waals surface area contributed by atoms with Gasteiger partial charge in [-0.15, -0.1) is 0 Å². The second-order valence-corrected chi connectivity index (χ2v) is 8.74. The third-order valence-electron chi connectivity index (χ3n) is 6.48. The van der Waals surface area contributed by atoms with Crippen LogP contribution in [0.1, 0.15) is 24.0 Å². The molecule has 1 aliphatic rings. The number of benzene rings is 3. The molecule has 0 radical (unpaired) electrons. The van der Waals surface area contributed by atoms with Crippen molar-refractivity contribution in [2.75, 3.05) is 5.32 Å². The van der Waals surface area contributed by atoms with Crippen molar-refractivity contribution in [1.29, 1.82) is 0 Å². The summed E-state index contributed by atoms with van der Waals surface area (Å²) in [6.07, 6.45) is 2.40. The zero-order valence-electron chi connectivity index (χ0n) is 20.2. The molecule has 5 rings (SSSR count). The molecule has 0 atom stereocenters. The number of anilines is 1. The predicted molar refractivity (Wildman–Crippen MR) is 130 cm³/mol. The molecule has 1 amide bonds. The Kier molecular flexibility index (Phi) is 7.64. The van der Waals surface area contributed by atoms with Crippen molar-refractivity contribution in [3.05, 3.63) is 96.2 Å². The van der Waals surface area contributed by atoms with Crippen LogP contribution in [0.25, 0.3) is 22.3 Å². The van der Waals surface area contributed by atoms with E-state index in [9.17, 15) is 14.7 Å². The molecule has 1 heterocycles. The second-order valence-electron chi connectivity index (χ2n) is 8.74. The topological polar surface area (TPSA) is 96.3 Å². The molecule has 0 unspecified atom stereocenters. The summed E-state index contributed by atoms with van der Waals surface area (Å²) in [6.45, 7) is 0.178. The number of ether oxygens (including phenoxy) is 1. The first-order valence-electron chi connectivity index (χ1n) is 11.4. The zero-order valence-corrected chi connectivity index (χ0v) is 22.2. The first kappa shape index (κ1) is 25.7. The van der Waals surface area contributed by atoms with E-state index in [1.807, 2.05) is 78.9 Å². The molecule has 36 heavy (non-hydrogen) atoms. The maximum Gasteiger partial charge on any atom is 1.00 e. The number of aryl methyl sites for hydroxylation is 1. The average Bonchev–Trinajstić information content (AvgIpc) is 3.63. The quantitative estimate of drug-likeness (QED) is 0.395. The van der Waals surface area contributed by atoms with Crippen molar-refractivity contribution in [2.45, 2.75) is 24.9 Å². The summed E-state index contributed by atoms with van der Waals surface area (Å²) in [5, 5.41) is 18.5. The van der Waals surface area contributed by atoms with Crippen LogP contribution in [0.3, 0.4) is 0 Å². The molecule has 0 aliphatic heterocycles. The summed E-state index contributed by atoms with van der Waals surface area (Å²) in [4.78, 5) is 23.8. The largest absolute Gasteiger partial charge is 1.00 e. The van der Waals surface area contributed by atoms with E-state index in [-0.39, 0.29) is 36.2 Å². The molecular weight excluding hydrogens is 465 g/mol. The Hall–Kier alpha value is -3.39. The number of carbonyl (C=O) groups is 2. The molecule has 176 valence electrons. The molecule has 3 aromatic carbocycles. The van der Waals surface area contributed by atoms with Gasteiger partial charge in [-0.2, -0.15) is 5.10 Å². The third kappa shape index (κ3) is 5.23. The van der Waals surface area contributed by atoms with E-state index in [4.69, 9.17) is 4.74 Å². The minimum Gasteiger partial charge on any atom is -0.549 e. The fraction of sp³-hybridized carbons (Fsp3) is 0.179. The number of carboxylic acids is 1. The number of nitrogens with zero attached hydrogens (tertiary/aromatic N) is 2. The summed E-state index contributed by atoms with van der Waals surface area (Å²) in [5.41, 5.74) is 4.55. The van der Waals surface area contributed by atoms with Gasteiger partial charge in [0.25, 0.3) is 0 Å². The Balaban J connectivity index is 0.00000304. The summed E-state index contributed by atoms with van der Waals surface area (Å²) < 4.78 is 6.94. The molecular formula is C28H24N3NaO4. The number of carboxylic acid groups (broad SMARTS) is 1. The van der Waals surface area contributed by atoms with Gasteiger partial charge < -0.3 is 14.6 Å². The van der Waals surface area contributed by atoms with Gasteiger partial charge in [0.05, 0.1) is 12.2 Å². The summed E-state index contributed by atoms with van der Waals surface area (Å²) >= 11 is 0. The smallest absolute Gasteiger partial charge is 0.549 e. The molecule has 8 heteroatoms. The normalized spacial score (nSPS) is 13.4. The van der Waals surface area contributed by atoms with Crippen molar-refractivity contribution in [3.8, 4) is 22.3 Å². The number of nitrogens with one attached hydrogen (secondary N) is 1. The van der Waals surface area contributed by atoms with E-state index >= 15 is 0 Å². The molecule has 1 fully saturated rings. The fourth-order valence-electron chi connectivity index (χ4n) is 4.21. The molecule has 0 spiro atoms. The summed E-state index contributed by atoms with van der Waals surface area (Å²) in [5.74, 6) is -0.461. The first-order valence-corrected chi connectivity index (χ1v) is 11.4. The van der Waals surface area contributed by atoms with Gasteiger partial charge in [0.1, 0.15) is 12.4 Å². The number of amides is 1. The van der Waals surface area contributed by atoms with E-state index in [0.717, 1.165) is 33.4 Å². The molecule has 4 aromatic rings. The van der Waals surface area contributed by atoms with E-state index in [1.54, 1.807) is 17.9 Å². The van der Waals surface area contributed by atoms with E-state index in [0.29, 0.717) is 18.7 Å². The molecule has 1 N–H and O–H groups in total. The number of hydrogen-bond acceptors (Lipinski definition) is 5. The molecule has 7 nitrogen and oxygen atoms in total. The van der Waals surface area contributed by atoms with Crippen LogP contribution >= 0.6 is 0 Å². The molecule has 1 aliphatic carbocycles. The Morgan fingerprint density at radius 3 is 2.11 bits per heavy atom. The van der Waals surface area contributed by atoms with Crippen LogP contribution in [-0.4, -0.2) is 21.8 Å². The molecule has 0 bridgehead atoms. The Morgan fingerprint density at radius 2 is 1.53 bits per heavy atom. The van der Waals surface area contributed by atoms with E-state index in [2.05, 4.69) is 10.4 Å². The van der Waals surface area contributed by atoms with Crippen LogP contribution in [-0.2, 0) is 28.6 Å². The molecule has 1 aromatic heterocycles. The Labute approximate surface area is 231 Å². The maximum atomic E-state index is 12.4. The van der Waals surface area contributed by atoms with Gasteiger partial charge in [-0.1, -0.05) is 78.9 Å². The van der Waals surface area contributed by atoms with Crippen LogP contribution in [0.4, 0.5) is 10.6 Å². The van der Waals surface area contributed by atoms with Gasteiger partial charge in [-0.05, 0) is 40.7 Å². The number of aromatic nitrogens is 2. The van der Waals surface area contributed by atoms with Crippen LogP contribution in [0, 0.1) is 0 Å². The number of hydrogen-bond donors (Lipinski definition) is 1. The standard InChI is InChI=1S/C28H25N3O4.Na/c1-31-25(30-27(34)35-18-19-5-3-2-4-6-19)24(17-29-31)22-9-7-20(8-10-22)21-11-13-23(14-12-21)28(15-16-28)26(32)33;/h2-14,17H,15-16,18H2,1H3,(H,30,34)(H,32,33);/q;+1/p-1. The van der Waals surface area contributed by atoms with Crippen LogP contribution in [0.15, 0.2) is 85.1 Å². The van der Waals surface area contributed by atoms with Crippen LogP contribution in [0.2, 0.25) is 0 Å². The van der Waals surface area contributed by atoms with Crippen molar-refractivity contribution in [3.63, 3.8) is 0 Å². The van der Waals surface area contributed by atoms with Gasteiger partial charge in [-0.25, -0.2) is 4.79 Å². The van der Waals surface area contributed by atoms with E-state index < -0.39 is 17.5 Å². The monoisotopic (exact) mass is 489 g/mol. The average molecular weight is 490 g/mol. The van der Waals surface area contributed by atoms with Crippen molar-refractivity contribution < 1.29 is 49.0 Å². The Bertz CT molecular complexity index is 1360. The summed E-state index contributed by atoms with van der Waals surface area (Å²) in [7, 11) is 1.76. The van der Waals surface area contributed by atoms with Crippen molar-refractivity contribution in [1.82, 2.24) is 9.78 Å². The van der Waals surface area contributed by atoms with Crippen LogP contribution < -0.4 is 40.0 Å². The third-order valence-corrected chi connectivity index (χ3v) is 6.48. The SMILES string of the molecule is Cn1ncc(-c2ccc(-c3ccc(C4(C(=O)[O-])CC4)cc3)cc2)c1NC(=O)OCc1ccccc1.[Na+]. The molecule has 0 saturated heterocycles. The zero-order chi connectivity index (χ0) is 24.4. The number of carbonyl (C=O) groups excluding carboxylic acids is 2. The Morgan fingerprint density at radius 1 is 0.944 bits per heavy atom. The first-order chi connectivity index (χ1) is 17.0. The fourth-order valence-corrected chi connectivity index (χ4v) is 4.21. The van der Waals surface area contributed by atoms with E-state index in [1.165, 1.54) is 0 Å². The summed E-state index contributed by atoms with van der Waals surface area (Å²) in [6, 6.07) is 25.0. The van der Waals surface area contributed by atoms with Gasteiger partial charge in [-0.3, -0.25) is 10.00 Å². The maximum absolute atomic E-state index is 12.4. The van der Waals surface area contributed by atoms with Crippen LogP contribution in [0.5, 0.6) is 0 Å². The minimum atomic E-state index is -1.00.